The molecule has 1 heterocycles. The van der Waals surface area contributed by atoms with E-state index in [1.807, 2.05) is 52.8 Å². The van der Waals surface area contributed by atoms with E-state index >= 15 is 0 Å². The second kappa shape index (κ2) is 8.69. The van der Waals surface area contributed by atoms with Crippen LogP contribution in [-0.4, -0.2) is 23.3 Å². The summed E-state index contributed by atoms with van der Waals surface area (Å²) < 4.78 is 5.21. The molecule has 3 atom stereocenters. The van der Waals surface area contributed by atoms with E-state index in [1.165, 1.54) is 0 Å². The Kier molecular flexibility index (Phi) is 7.25. The third-order valence-corrected chi connectivity index (χ3v) is 4.35. The SMILES string of the molecule is C/C=C(/C(C)C#N)[C@@H](Cc1nc(OC)ccc1C)[C@H](O)C(C)C. The number of hydrogen-bond acceptors (Lipinski definition) is 4. The number of nitriles is 1. The number of nitrogens with zero attached hydrogens (tertiary/aromatic N) is 2. The summed E-state index contributed by atoms with van der Waals surface area (Å²) in [4.78, 5) is 4.53. The molecular weight excluding hydrogens is 288 g/mol. The molecule has 0 aliphatic heterocycles. The van der Waals surface area contributed by atoms with Crippen LogP contribution in [0.15, 0.2) is 23.8 Å². The molecule has 0 fully saturated rings. The third-order valence-electron chi connectivity index (χ3n) is 4.35. The van der Waals surface area contributed by atoms with Gasteiger partial charge in [0.1, 0.15) is 0 Å². The van der Waals surface area contributed by atoms with Gasteiger partial charge in [-0.25, -0.2) is 4.98 Å². The second-order valence-corrected chi connectivity index (χ2v) is 6.30. The number of aliphatic hydroxyl groups is 1. The van der Waals surface area contributed by atoms with Crippen molar-refractivity contribution in [2.45, 2.75) is 47.1 Å². The zero-order valence-corrected chi connectivity index (χ0v) is 15.0. The monoisotopic (exact) mass is 316 g/mol. The molecule has 1 rings (SSSR count). The maximum absolute atomic E-state index is 10.7. The molecule has 4 nitrogen and oxygen atoms in total. The largest absolute Gasteiger partial charge is 0.481 e. The molecule has 0 aromatic carbocycles. The van der Waals surface area contributed by atoms with Gasteiger partial charge >= 0.3 is 0 Å². The minimum Gasteiger partial charge on any atom is -0.481 e. The number of aromatic nitrogens is 1. The van der Waals surface area contributed by atoms with E-state index in [2.05, 4.69) is 11.1 Å². The average molecular weight is 316 g/mol. The van der Waals surface area contributed by atoms with Gasteiger partial charge in [-0.1, -0.05) is 31.6 Å². The molecule has 1 N–H and O–H groups in total. The molecule has 0 saturated heterocycles. The number of allylic oxidation sites excluding steroid dienone is 1. The standard InChI is InChI=1S/C19H28N2O2/c1-7-15(14(5)11-20)16(19(22)12(2)3)10-17-13(4)8-9-18(21-17)23-6/h7-9,12,14,16,19,22H,10H2,1-6H3/b15-7-/t14?,16-,19-/m1/s1. The van der Waals surface area contributed by atoms with Crippen LogP contribution in [0.1, 0.15) is 39.0 Å². The summed E-state index contributed by atoms with van der Waals surface area (Å²) in [6, 6.07) is 6.10. The van der Waals surface area contributed by atoms with Crippen LogP contribution in [0.5, 0.6) is 5.88 Å². The number of aryl methyl sites for hydroxylation is 1. The van der Waals surface area contributed by atoms with Crippen molar-refractivity contribution in [1.29, 1.82) is 5.26 Å². The van der Waals surface area contributed by atoms with Crippen molar-refractivity contribution < 1.29 is 9.84 Å². The van der Waals surface area contributed by atoms with Crippen molar-refractivity contribution in [3.8, 4) is 11.9 Å². The highest BCUT2D eigenvalue weighted by atomic mass is 16.5. The quantitative estimate of drug-likeness (QED) is 0.779. The molecular formula is C19H28N2O2. The van der Waals surface area contributed by atoms with E-state index in [-0.39, 0.29) is 17.8 Å². The Morgan fingerprint density at radius 2 is 2.04 bits per heavy atom. The van der Waals surface area contributed by atoms with Crippen LogP contribution in [0, 0.1) is 36.0 Å². The Morgan fingerprint density at radius 1 is 1.39 bits per heavy atom. The lowest BCUT2D eigenvalue weighted by Crippen LogP contribution is -2.31. The number of methoxy groups -OCH3 is 1. The molecule has 0 saturated carbocycles. The second-order valence-electron chi connectivity index (χ2n) is 6.30. The van der Waals surface area contributed by atoms with Gasteiger partial charge < -0.3 is 9.84 Å². The van der Waals surface area contributed by atoms with Crippen molar-refractivity contribution in [2.24, 2.45) is 17.8 Å². The summed E-state index contributed by atoms with van der Waals surface area (Å²) in [5, 5.41) is 20.0. The number of hydrogen-bond donors (Lipinski definition) is 1. The Balaban J connectivity index is 3.24. The Bertz CT molecular complexity index is 588. The van der Waals surface area contributed by atoms with E-state index in [0.29, 0.717) is 12.3 Å². The van der Waals surface area contributed by atoms with Crippen molar-refractivity contribution in [3.63, 3.8) is 0 Å². The topological polar surface area (TPSA) is 66.1 Å². The summed E-state index contributed by atoms with van der Waals surface area (Å²) >= 11 is 0. The fraction of sp³-hybridized carbons (Fsp3) is 0.579. The van der Waals surface area contributed by atoms with Crippen LogP contribution >= 0.6 is 0 Å². The van der Waals surface area contributed by atoms with Gasteiger partial charge in [0, 0.05) is 17.7 Å². The van der Waals surface area contributed by atoms with Gasteiger partial charge in [0.25, 0.3) is 0 Å². The van der Waals surface area contributed by atoms with Gasteiger partial charge in [0.05, 0.1) is 25.2 Å². The average Bonchev–Trinajstić information content (AvgIpc) is 2.55. The van der Waals surface area contributed by atoms with Gasteiger partial charge in [-0.05, 0) is 38.7 Å². The van der Waals surface area contributed by atoms with Gasteiger partial charge in [-0.2, -0.15) is 5.26 Å². The molecule has 4 heteroatoms. The van der Waals surface area contributed by atoms with Crippen LogP contribution in [0.2, 0.25) is 0 Å². The first kappa shape index (κ1) is 19.2. The lowest BCUT2D eigenvalue weighted by atomic mass is 9.78. The summed E-state index contributed by atoms with van der Waals surface area (Å²) in [6.07, 6.45) is 2.03. The van der Waals surface area contributed by atoms with Crippen molar-refractivity contribution in [3.05, 3.63) is 35.0 Å². The van der Waals surface area contributed by atoms with E-state index in [0.717, 1.165) is 16.8 Å². The number of aliphatic hydroxyl groups excluding tert-OH is 1. The molecule has 0 bridgehead atoms. The number of pyridine rings is 1. The normalized spacial score (nSPS) is 15.9. The summed E-state index contributed by atoms with van der Waals surface area (Å²) in [5.41, 5.74) is 2.93. The fourth-order valence-corrected chi connectivity index (χ4v) is 2.84. The van der Waals surface area contributed by atoms with Crippen LogP contribution < -0.4 is 4.74 Å². The highest BCUT2D eigenvalue weighted by Gasteiger charge is 2.29. The predicted molar refractivity (Wildman–Crippen MR) is 92.1 cm³/mol. The summed E-state index contributed by atoms with van der Waals surface area (Å²) in [6.45, 7) is 9.79. The zero-order chi connectivity index (χ0) is 17.6. The Morgan fingerprint density at radius 3 is 2.52 bits per heavy atom. The maximum atomic E-state index is 10.7. The Hall–Kier alpha value is -1.86. The molecule has 0 aliphatic carbocycles. The first-order chi connectivity index (χ1) is 10.8. The highest BCUT2D eigenvalue weighted by molar-refractivity contribution is 5.28. The van der Waals surface area contributed by atoms with E-state index in [1.54, 1.807) is 7.11 Å². The first-order valence-corrected chi connectivity index (χ1v) is 8.09. The lowest BCUT2D eigenvalue weighted by molar-refractivity contribution is 0.0762. The molecule has 0 spiro atoms. The number of ether oxygens (including phenoxy) is 1. The van der Waals surface area contributed by atoms with Gasteiger partial charge in [-0.3, -0.25) is 0 Å². The maximum Gasteiger partial charge on any atom is 0.213 e. The molecule has 0 aliphatic rings. The van der Waals surface area contributed by atoms with Crippen LogP contribution in [0.25, 0.3) is 0 Å². The zero-order valence-electron chi connectivity index (χ0n) is 15.0. The van der Waals surface area contributed by atoms with Crippen LogP contribution in [0.3, 0.4) is 0 Å². The third kappa shape index (κ3) is 4.80. The summed E-state index contributed by atoms with van der Waals surface area (Å²) in [7, 11) is 1.59. The van der Waals surface area contributed by atoms with Gasteiger partial charge in [0.15, 0.2) is 0 Å². The van der Waals surface area contributed by atoms with Gasteiger partial charge in [0.2, 0.25) is 5.88 Å². The lowest BCUT2D eigenvalue weighted by Gasteiger charge is -2.29. The smallest absolute Gasteiger partial charge is 0.213 e. The molecule has 23 heavy (non-hydrogen) atoms. The minimum absolute atomic E-state index is 0.103. The fourth-order valence-electron chi connectivity index (χ4n) is 2.84. The molecule has 1 aromatic rings. The van der Waals surface area contributed by atoms with Crippen molar-refractivity contribution >= 4 is 0 Å². The van der Waals surface area contributed by atoms with Crippen LogP contribution in [-0.2, 0) is 6.42 Å². The van der Waals surface area contributed by atoms with Crippen LogP contribution in [0.4, 0.5) is 0 Å². The van der Waals surface area contributed by atoms with E-state index in [4.69, 9.17) is 4.74 Å². The molecule has 0 radical (unpaired) electrons. The highest BCUT2D eigenvalue weighted by Crippen LogP contribution is 2.30. The predicted octanol–water partition coefficient (Wildman–Crippen LogP) is 3.68. The number of rotatable bonds is 7. The Labute approximate surface area is 139 Å². The molecule has 1 unspecified atom stereocenters. The molecule has 126 valence electrons. The van der Waals surface area contributed by atoms with E-state index in [9.17, 15) is 10.4 Å². The van der Waals surface area contributed by atoms with Gasteiger partial charge in [-0.15, -0.1) is 0 Å². The molecule has 1 aromatic heterocycles. The van der Waals surface area contributed by atoms with Crippen molar-refractivity contribution in [1.82, 2.24) is 4.98 Å². The first-order valence-electron chi connectivity index (χ1n) is 8.09. The van der Waals surface area contributed by atoms with E-state index < -0.39 is 6.10 Å². The minimum atomic E-state index is -0.524. The summed E-state index contributed by atoms with van der Waals surface area (Å²) in [5.74, 6) is 0.308. The molecule has 0 amide bonds. The van der Waals surface area contributed by atoms with Crippen molar-refractivity contribution in [2.75, 3.05) is 7.11 Å².